The van der Waals surface area contributed by atoms with E-state index in [-0.39, 0.29) is 5.75 Å². The Balaban J connectivity index is 1.78. The number of halogens is 1. The number of thioether (sulfide) groups is 1. The average molecular weight is 351 g/mol. The maximum atomic E-state index is 11.9. The van der Waals surface area contributed by atoms with Gasteiger partial charge in [-0.1, -0.05) is 29.8 Å². The monoisotopic (exact) mass is 350 g/mol. The summed E-state index contributed by atoms with van der Waals surface area (Å²) < 4.78 is 5.10. The minimum Gasteiger partial charge on any atom is -0.452 e. The van der Waals surface area contributed by atoms with E-state index >= 15 is 0 Å². The van der Waals surface area contributed by atoms with Gasteiger partial charge in [-0.05, 0) is 31.2 Å². The Morgan fingerprint density at radius 3 is 2.65 bits per heavy atom. The van der Waals surface area contributed by atoms with E-state index in [2.05, 4.69) is 10.3 Å². The van der Waals surface area contributed by atoms with Gasteiger partial charge in [0, 0.05) is 11.1 Å². The third-order valence-electron chi connectivity index (χ3n) is 2.76. The van der Waals surface area contributed by atoms with Gasteiger partial charge in [-0.2, -0.15) is 0 Å². The van der Waals surface area contributed by atoms with Crippen LogP contribution in [0, 0.1) is 0 Å². The van der Waals surface area contributed by atoms with Crippen LogP contribution >= 0.6 is 23.4 Å². The summed E-state index contributed by atoms with van der Waals surface area (Å²) in [4.78, 5) is 28.6. The molecule has 1 amide bonds. The fourth-order valence-electron chi connectivity index (χ4n) is 1.62. The number of ether oxygens (including phenoxy) is 1. The number of amides is 1. The molecule has 0 aliphatic carbocycles. The standard InChI is InChI=1S/C16H15ClN2O3S/c1-11(16(21)19-14-8-7-12(17)9-18-14)22-15(20)10-23-13-5-3-2-4-6-13/h2-9,11H,10H2,1H3,(H,18,19,21)/t11-/m1/s1. The Bertz CT molecular complexity index is 665. The summed E-state index contributed by atoms with van der Waals surface area (Å²) in [5.41, 5.74) is 0. The highest BCUT2D eigenvalue weighted by molar-refractivity contribution is 8.00. The number of benzene rings is 1. The first kappa shape index (κ1) is 17.3. The molecular formula is C16H15ClN2O3S. The summed E-state index contributed by atoms with van der Waals surface area (Å²) >= 11 is 7.07. The summed E-state index contributed by atoms with van der Waals surface area (Å²) in [6.45, 7) is 1.51. The molecule has 0 aliphatic rings. The molecular weight excluding hydrogens is 336 g/mol. The summed E-state index contributed by atoms with van der Waals surface area (Å²) in [6.07, 6.45) is 0.515. The van der Waals surface area contributed by atoms with Gasteiger partial charge in [0.25, 0.3) is 5.91 Å². The van der Waals surface area contributed by atoms with Crippen LogP contribution in [0.2, 0.25) is 5.02 Å². The second kappa shape index (κ2) is 8.55. The fraction of sp³-hybridized carbons (Fsp3) is 0.188. The lowest BCUT2D eigenvalue weighted by molar-refractivity contribution is -0.150. The van der Waals surface area contributed by atoms with Crippen molar-refractivity contribution < 1.29 is 14.3 Å². The number of anilines is 1. The molecule has 2 rings (SSSR count). The third-order valence-corrected chi connectivity index (χ3v) is 3.97. The average Bonchev–Trinajstić information content (AvgIpc) is 2.56. The van der Waals surface area contributed by atoms with E-state index in [0.717, 1.165) is 4.90 Å². The first-order valence-electron chi connectivity index (χ1n) is 6.84. The summed E-state index contributed by atoms with van der Waals surface area (Å²) in [6, 6.07) is 12.7. The molecule has 2 aromatic rings. The van der Waals surface area contributed by atoms with E-state index in [0.29, 0.717) is 10.8 Å². The molecule has 1 N–H and O–H groups in total. The lowest BCUT2D eigenvalue weighted by Gasteiger charge is -2.13. The predicted molar refractivity (Wildman–Crippen MR) is 90.6 cm³/mol. The van der Waals surface area contributed by atoms with Crippen molar-refractivity contribution >= 4 is 41.1 Å². The summed E-state index contributed by atoms with van der Waals surface area (Å²) in [5.74, 6) is -0.412. The highest BCUT2D eigenvalue weighted by Gasteiger charge is 2.18. The zero-order valence-corrected chi connectivity index (χ0v) is 13.9. The quantitative estimate of drug-likeness (QED) is 0.638. The molecule has 0 saturated heterocycles. The van der Waals surface area contributed by atoms with Crippen molar-refractivity contribution in [2.24, 2.45) is 0 Å². The van der Waals surface area contributed by atoms with Gasteiger partial charge < -0.3 is 10.1 Å². The third kappa shape index (κ3) is 5.92. The van der Waals surface area contributed by atoms with E-state index in [1.165, 1.54) is 24.9 Å². The molecule has 23 heavy (non-hydrogen) atoms. The van der Waals surface area contributed by atoms with Gasteiger partial charge in [0.1, 0.15) is 5.82 Å². The Hall–Kier alpha value is -2.05. The van der Waals surface area contributed by atoms with Gasteiger partial charge in [0.2, 0.25) is 0 Å². The Morgan fingerprint density at radius 2 is 2.00 bits per heavy atom. The number of nitrogens with zero attached hydrogens (tertiary/aromatic N) is 1. The zero-order chi connectivity index (χ0) is 16.7. The fourth-order valence-corrected chi connectivity index (χ4v) is 2.44. The van der Waals surface area contributed by atoms with Crippen molar-refractivity contribution in [3.05, 3.63) is 53.7 Å². The lowest BCUT2D eigenvalue weighted by atomic mass is 10.3. The molecule has 0 spiro atoms. The lowest BCUT2D eigenvalue weighted by Crippen LogP contribution is -2.30. The summed E-state index contributed by atoms with van der Waals surface area (Å²) in [5, 5.41) is 3.03. The van der Waals surface area contributed by atoms with E-state index in [1.54, 1.807) is 12.1 Å². The van der Waals surface area contributed by atoms with Crippen LogP contribution in [0.25, 0.3) is 0 Å². The number of aromatic nitrogens is 1. The molecule has 0 fully saturated rings. The number of carbonyl (C=O) groups is 2. The molecule has 0 saturated carbocycles. The smallest absolute Gasteiger partial charge is 0.317 e. The first-order valence-corrected chi connectivity index (χ1v) is 8.20. The van der Waals surface area contributed by atoms with Crippen molar-refractivity contribution in [2.75, 3.05) is 11.1 Å². The van der Waals surface area contributed by atoms with E-state index in [1.807, 2.05) is 30.3 Å². The van der Waals surface area contributed by atoms with Crippen LogP contribution in [0.1, 0.15) is 6.92 Å². The normalized spacial score (nSPS) is 11.6. The molecule has 1 aromatic carbocycles. The molecule has 1 atom stereocenters. The number of hydrogen-bond acceptors (Lipinski definition) is 5. The molecule has 0 radical (unpaired) electrons. The molecule has 0 bridgehead atoms. The van der Waals surface area contributed by atoms with E-state index < -0.39 is 18.0 Å². The Morgan fingerprint density at radius 1 is 1.26 bits per heavy atom. The van der Waals surface area contributed by atoms with Crippen molar-refractivity contribution in [3.63, 3.8) is 0 Å². The largest absolute Gasteiger partial charge is 0.452 e. The molecule has 120 valence electrons. The number of esters is 1. The van der Waals surface area contributed by atoms with Gasteiger partial charge in [-0.15, -0.1) is 11.8 Å². The number of nitrogens with one attached hydrogen (secondary N) is 1. The molecule has 0 aliphatic heterocycles. The molecule has 5 nitrogen and oxygen atoms in total. The van der Waals surface area contributed by atoms with Crippen LogP contribution in [-0.4, -0.2) is 28.7 Å². The number of rotatable bonds is 6. The Labute approximate surface area is 143 Å². The van der Waals surface area contributed by atoms with Gasteiger partial charge in [-0.3, -0.25) is 9.59 Å². The first-order chi connectivity index (χ1) is 11.0. The van der Waals surface area contributed by atoms with Crippen LogP contribution < -0.4 is 5.32 Å². The molecule has 7 heteroatoms. The van der Waals surface area contributed by atoms with Crippen molar-refractivity contribution in [1.82, 2.24) is 4.98 Å². The maximum Gasteiger partial charge on any atom is 0.317 e. The molecule has 0 unspecified atom stereocenters. The zero-order valence-electron chi connectivity index (χ0n) is 12.4. The number of pyridine rings is 1. The Kier molecular flexibility index (Phi) is 6.43. The maximum absolute atomic E-state index is 11.9. The SMILES string of the molecule is C[C@@H](OC(=O)CSc1ccccc1)C(=O)Nc1ccc(Cl)cn1. The van der Waals surface area contributed by atoms with Crippen molar-refractivity contribution in [2.45, 2.75) is 17.9 Å². The minimum absolute atomic E-state index is 0.140. The van der Waals surface area contributed by atoms with Crippen LogP contribution in [0.3, 0.4) is 0 Å². The number of hydrogen-bond donors (Lipinski definition) is 1. The van der Waals surface area contributed by atoms with Crippen LogP contribution in [0.4, 0.5) is 5.82 Å². The highest BCUT2D eigenvalue weighted by Crippen LogP contribution is 2.17. The van der Waals surface area contributed by atoms with Crippen LogP contribution in [0.5, 0.6) is 0 Å². The summed E-state index contributed by atoms with van der Waals surface area (Å²) in [7, 11) is 0. The number of carbonyl (C=O) groups excluding carboxylic acids is 2. The van der Waals surface area contributed by atoms with Gasteiger partial charge in [-0.25, -0.2) is 4.98 Å². The second-order valence-electron chi connectivity index (χ2n) is 4.58. The van der Waals surface area contributed by atoms with Crippen LogP contribution in [-0.2, 0) is 14.3 Å². The second-order valence-corrected chi connectivity index (χ2v) is 6.07. The van der Waals surface area contributed by atoms with Gasteiger partial charge >= 0.3 is 5.97 Å². The topological polar surface area (TPSA) is 68.3 Å². The van der Waals surface area contributed by atoms with Crippen LogP contribution in [0.15, 0.2) is 53.6 Å². The predicted octanol–water partition coefficient (Wildman–Crippen LogP) is 3.40. The van der Waals surface area contributed by atoms with Crippen molar-refractivity contribution in [3.8, 4) is 0 Å². The van der Waals surface area contributed by atoms with E-state index in [9.17, 15) is 9.59 Å². The van der Waals surface area contributed by atoms with Crippen molar-refractivity contribution in [1.29, 1.82) is 0 Å². The molecule has 1 heterocycles. The molecule has 1 aromatic heterocycles. The van der Waals surface area contributed by atoms with Gasteiger partial charge in [0.05, 0.1) is 10.8 Å². The minimum atomic E-state index is -0.906. The van der Waals surface area contributed by atoms with Gasteiger partial charge in [0.15, 0.2) is 6.10 Å². The highest BCUT2D eigenvalue weighted by atomic mass is 35.5. The van der Waals surface area contributed by atoms with E-state index in [4.69, 9.17) is 16.3 Å².